The van der Waals surface area contributed by atoms with Gasteiger partial charge in [0.25, 0.3) is 20.2 Å². The van der Waals surface area contributed by atoms with Gasteiger partial charge in [0.05, 0.1) is 0 Å². The number of rotatable bonds is 6. The summed E-state index contributed by atoms with van der Waals surface area (Å²) in [6.07, 6.45) is -11.3. The normalized spacial score (nSPS) is 12.7. The second kappa shape index (κ2) is 9.32. The lowest BCUT2D eigenvalue weighted by atomic mass is 10.2. The highest BCUT2D eigenvalue weighted by atomic mass is 32.2. The molecule has 2 aromatic rings. The SMILES string of the molecule is O=C(OC(=O)c1cccc(S(=O)(=O)O)c1OC(F)(F)F)c1cccc(S(=O)(=O)O)c1OC(F)(F)F. The van der Waals surface area contributed by atoms with Gasteiger partial charge in [-0.1, -0.05) is 12.1 Å². The Hall–Kier alpha value is -3.42. The monoisotopic (exact) mass is 554 g/mol. The number of halogens is 6. The summed E-state index contributed by atoms with van der Waals surface area (Å²) in [4.78, 5) is 21.4. The van der Waals surface area contributed by atoms with Crippen LogP contribution in [-0.2, 0) is 25.0 Å². The number of hydrogen-bond donors (Lipinski definition) is 2. The van der Waals surface area contributed by atoms with Crippen molar-refractivity contribution in [1.29, 1.82) is 0 Å². The summed E-state index contributed by atoms with van der Waals surface area (Å²) in [5, 5.41) is 0. The van der Waals surface area contributed by atoms with Crippen molar-refractivity contribution in [3.05, 3.63) is 47.5 Å². The molecule has 0 heterocycles. The van der Waals surface area contributed by atoms with E-state index in [9.17, 15) is 52.8 Å². The zero-order chi connectivity index (χ0) is 27.0. The molecular formula is C16H8F6O11S2. The molecular weight excluding hydrogens is 546 g/mol. The van der Waals surface area contributed by atoms with E-state index in [0.717, 1.165) is 0 Å². The average Bonchev–Trinajstić information content (AvgIpc) is 2.63. The Morgan fingerprint density at radius 3 is 1.23 bits per heavy atom. The highest BCUT2D eigenvalue weighted by Crippen LogP contribution is 2.36. The minimum atomic E-state index is -5.64. The number of para-hydroxylation sites is 2. The van der Waals surface area contributed by atoms with Crippen molar-refractivity contribution in [2.75, 3.05) is 0 Å². The van der Waals surface area contributed by atoms with Crippen LogP contribution in [0.1, 0.15) is 20.7 Å². The van der Waals surface area contributed by atoms with Crippen LogP contribution in [0.25, 0.3) is 0 Å². The topological polar surface area (TPSA) is 171 Å². The molecule has 0 amide bonds. The highest BCUT2D eigenvalue weighted by Gasteiger charge is 2.39. The van der Waals surface area contributed by atoms with E-state index in [1.54, 1.807) is 0 Å². The van der Waals surface area contributed by atoms with Crippen molar-refractivity contribution < 1.29 is 76.1 Å². The van der Waals surface area contributed by atoms with Gasteiger partial charge < -0.3 is 14.2 Å². The Bertz CT molecular complexity index is 1270. The molecule has 0 atom stereocenters. The molecule has 0 aliphatic carbocycles. The van der Waals surface area contributed by atoms with Crippen molar-refractivity contribution in [2.24, 2.45) is 0 Å². The van der Waals surface area contributed by atoms with Crippen molar-refractivity contribution >= 4 is 32.2 Å². The van der Waals surface area contributed by atoms with E-state index >= 15 is 0 Å². The molecule has 2 rings (SSSR count). The van der Waals surface area contributed by atoms with E-state index in [-0.39, 0.29) is 0 Å². The van der Waals surface area contributed by atoms with Gasteiger partial charge >= 0.3 is 24.7 Å². The molecule has 0 bridgehead atoms. The number of ether oxygens (including phenoxy) is 3. The molecule has 0 saturated carbocycles. The summed E-state index contributed by atoms with van der Waals surface area (Å²) < 4.78 is 151. The minimum absolute atomic E-state index is 0.375. The standard InChI is InChI=1S/C16H8F6O11S2/c17-15(18,19)32-11-7(3-1-5-9(11)34(25,26)27)13(23)31-14(24)8-4-2-6-10(35(28,29)30)12(8)33-16(20,21)22/h1-6H,(H,25,26,27)(H,28,29,30). The van der Waals surface area contributed by atoms with Gasteiger partial charge in [0.2, 0.25) is 0 Å². The van der Waals surface area contributed by atoms with Gasteiger partial charge in [-0.2, -0.15) is 16.8 Å². The van der Waals surface area contributed by atoms with Crippen molar-refractivity contribution in [1.82, 2.24) is 0 Å². The summed E-state index contributed by atoms with van der Waals surface area (Å²) in [5.41, 5.74) is -2.87. The second-order valence-electron chi connectivity index (χ2n) is 5.99. The Balaban J connectivity index is 2.60. The fourth-order valence-electron chi connectivity index (χ4n) is 2.40. The fourth-order valence-corrected chi connectivity index (χ4v) is 3.67. The highest BCUT2D eigenvalue weighted by molar-refractivity contribution is 7.86. The van der Waals surface area contributed by atoms with Crippen LogP contribution in [0.15, 0.2) is 46.2 Å². The summed E-state index contributed by atoms with van der Waals surface area (Å²) in [6.45, 7) is 0. The van der Waals surface area contributed by atoms with Crippen LogP contribution in [0, 0.1) is 0 Å². The molecule has 0 fully saturated rings. The van der Waals surface area contributed by atoms with Gasteiger partial charge in [-0.25, -0.2) is 9.59 Å². The maximum absolute atomic E-state index is 12.7. The third-order valence-electron chi connectivity index (χ3n) is 3.57. The molecule has 0 aromatic heterocycles. The molecule has 0 unspecified atom stereocenters. The summed E-state index contributed by atoms with van der Waals surface area (Å²) in [6, 6.07) is 2.86. The first-order chi connectivity index (χ1) is 15.7. The quantitative estimate of drug-likeness (QED) is 0.233. The summed E-state index contributed by atoms with van der Waals surface area (Å²) in [5.74, 6) is -7.96. The number of hydrogen-bond acceptors (Lipinski definition) is 9. The first kappa shape index (κ1) is 27.8. The third-order valence-corrected chi connectivity index (χ3v) is 5.33. The zero-order valence-corrected chi connectivity index (χ0v) is 17.8. The van der Waals surface area contributed by atoms with Gasteiger partial charge in [-0.15, -0.1) is 26.3 Å². The number of benzene rings is 2. The number of carbonyl (C=O) groups is 2. The van der Waals surface area contributed by atoms with E-state index in [0.29, 0.717) is 36.4 Å². The predicted octanol–water partition coefficient (Wildman–Crippen LogP) is 2.97. The van der Waals surface area contributed by atoms with Gasteiger partial charge in [0.15, 0.2) is 11.5 Å². The number of esters is 2. The van der Waals surface area contributed by atoms with Gasteiger partial charge in [0, 0.05) is 0 Å². The minimum Gasteiger partial charge on any atom is -0.403 e. The van der Waals surface area contributed by atoms with Gasteiger partial charge in [-0.3, -0.25) is 9.11 Å². The van der Waals surface area contributed by atoms with Gasteiger partial charge in [0.1, 0.15) is 20.9 Å². The van der Waals surface area contributed by atoms with Crippen LogP contribution in [0.2, 0.25) is 0 Å². The largest absolute Gasteiger partial charge is 0.573 e. The summed E-state index contributed by atoms with van der Waals surface area (Å²) in [7, 11) is -10.9. The molecule has 2 aromatic carbocycles. The van der Waals surface area contributed by atoms with Crippen molar-refractivity contribution in [2.45, 2.75) is 22.5 Å². The molecule has 35 heavy (non-hydrogen) atoms. The summed E-state index contributed by atoms with van der Waals surface area (Å²) >= 11 is 0. The lowest BCUT2D eigenvalue weighted by Gasteiger charge is -2.16. The van der Waals surface area contributed by atoms with Crippen LogP contribution in [0.4, 0.5) is 26.3 Å². The van der Waals surface area contributed by atoms with Gasteiger partial charge in [-0.05, 0) is 24.3 Å². The van der Waals surface area contributed by atoms with Crippen LogP contribution in [0.5, 0.6) is 11.5 Å². The van der Waals surface area contributed by atoms with E-state index < -0.39 is 77.3 Å². The van der Waals surface area contributed by atoms with E-state index in [2.05, 4.69) is 14.2 Å². The maximum Gasteiger partial charge on any atom is 0.573 e. The fraction of sp³-hybridized carbons (Fsp3) is 0.125. The lowest BCUT2D eigenvalue weighted by Crippen LogP contribution is -2.24. The van der Waals surface area contributed by atoms with Crippen molar-refractivity contribution in [3.63, 3.8) is 0 Å². The average molecular weight is 554 g/mol. The Morgan fingerprint density at radius 1 is 0.657 bits per heavy atom. The first-order valence-electron chi connectivity index (χ1n) is 8.19. The molecule has 0 saturated heterocycles. The van der Waals surface area contributed by atoms with Crippen molar-refractivity contribution in [3.8, 4) is 11.5 Å². The van der Waals surface area contributed by atoms with E-state index in [4.69, 9.17) is 9.11 Å². The predicted molar refractivity (Wildman–Crippen MR) is 95.6 cm³/mol. The van der Waals surface area contributed by atoms with E-state index in [1.807, 2.05) is 0 Å². The second-order valence-corrected chi connectivity index (χ2v) is 8.77. The number of carbonyl (C=O) groups excluding carboxylic acids is 2. The zero-order valence-electron chi connectivity index (χ0n) is 16.1. The van der Waals surface area contributed by atoms with Crippen LogP contribution >= 0.6 is 0 Å². The maximum atomic E-state index is 12.7. The molecule has 19 heteroatoms. The first-order valence-corrected chi connectivity index (χ1v) is 11.1. The van der Waals surface area contributed by atoms with E-state index in [1.165, 1.54) is 0 Å². The molecule has 0 radical (unpaired) electrons. The number of alkyl halides is 6. The Morgan fingerprint density at radius 2 is 0.971 bits per heavy atom. The molecule has 0 aliphatic rings. The van der Waals surface area contributed by atoms with Crippen LogP contribution < -0.4 is 9.47 Å². The molecule has 0 aliphatic heterocycles. The molecule has 11 nitrogen and oxygen atoms in total. The third kappa shape index (κ3) is 7.28. The van der Waals surface area contributed by atoms with Crippen LogP contribution in [-0.4, -0.2) is 50.6 Å². The smallest absolute Gasteiger partial charge is 0.403 e. The molecule has 192 valence electrons. The molecule has 2 N–H and O–H groups in total. The Labute approximate surface area is 190 Å². The Kier molecular flexibility index (Phi) is 7.41. The molecule has 0 spiro atoms. The lowest BCUT2D eigenvalue weighted by molar-refractivity contribution is -0.276. The van der Waals surface area contributed by atoms with Crippen LogP contribution in [0.3, 0.4) is 0 Å².